The zero-order valence-corrected chi connectivity index (χ0v) is 68.0. The highest BCUT2D eigenvalue weighted by Gasteiger charge is 2.64. The molecule has 37 heteroatoms. The van der Waals surface area contributed by atoms with Gasteiger partial charge in [0, 0.05) is 45.4 Å². The molecule has 0 bridgehead atoms. The zero-order chi connectivity index (χ0) is 85.8. The smallest absolute Gasteiger partial charge is 0.364 e. The first-order valence-corrected chi connectivity index (χ1v) is 41.9. The molecule has 5 heterocycles. The van der Waals surface area contributed by atoms with E-state index in [1.165, 1.54) is 83.5 Å². The predicted molar refractivity (Wildman–Crippen MR) is 408 cm³/mol. The fraction of sp³-hybridized carbons (Fsp3) is 0.899. The van der Waals surface area contributed by atoms with Gasteiger partial charge in [0.05, 0.1) is 82.2 Å². The number of Topliss-reactive ketones (excluding diaryl/α,β-unsaturated/α-hetero) is 1. The van der Waals surface area contributed by atoms with Crippen molar-refractivity contribution in [2.45, 2.75) is 404 Å². The number of carbonyl (C=O) groups is 6. The highest BCUT2D eigenvalue weighted by molar-refractivity contribution is 5.78. The molecule has 674 valence electrons. The molecule has 0 aromatic heterocycles. The Bertz CT molecular complexity index is 2860. The van der Waals surface area contributed by atoms with Gasteiger partial charge in [0.25, 0.3) is 11.6 Å². The van der Waals surface area contributed by atoms with E-state index in [-0.39, 0.29) is 18.7 Å². The Morgan fingerprint density at radius 2 is 0.940 bits per heavy atom. The fourth-order valence-electron chi connectivity index (χ4n) is 15.7. The highest BCUT2D eigenvalue weighted by atomic mass is 16.8. The minimum absolute atomic E-state index is 0.125. The molecule has 0 saturated carbocycles. The molecule has 3 amide bonds. The molecule has 0 aliphatic carbocycles. The summed E-state index contributed by atoms with van der Waals surface area (Å²) in [6, 6.07) is -4.87. The molecule has 5 saturated heterocycles. The maximum atomic E-state index is 14.2. The Labute approximate surface area is 679 Å². The minimum Gasteiger partial charge on any atom is -0.477 e. The molecule has 0 aromatic rings. The van der Waals surface area contributed by atoms with Crippen LogP contribution in [0.3, 0.4) is 0 Å². The molecule has 2 unspecified atom stereocenters. The van der Waals surface area contributed by atoms with Crippen molar-refractivity contribution in [3.63, 3.8) is 0 Å². The first-order chi connectivity index (χ1) is 55.3. The quantitative estimate of drug-likeness (QED) is 0.0267. The van der Waals surface area contributed by atoms with E-state index >= 15 is 0 Å². The topological polar surface area (TPSA) is 595 Å². The van der Waals surface area contributed by atoms with Gasteiger partial charge in [0.15, 0.2) is 18.9 Å². The van der Waals surface area contributed by atoms with Crippen molar-refractivity contribution in [1.29, 1.82) is 0 Å². The number of carbonyl (C=O) groups excluding carboxylic acids is 4. The first-order valence-electron chi connectivity index (χ1n) is 41.9. The van der Waals surface area contributed by atoms with Crippen LogP contribution in [0, 0.1) is 5.92 Å². The number of aliphatic carboxylic acids is 2. The van der Waals surface area contributed by atoms with E-state index in [1.807, 2.05) is 0 Å². The van der Waals surface area contributed by atoms with Crippen molar-refractivity contribution in [2.24, 2.45) is 5.92 Å². The van der Waals surface area contributed by atoms with Crippen molar-refractivity contribution < 1.29 is 168 Å². The zero-order valence-electron chi connectivity index (χ0n) is 68.0. The maximum absolute atomic E-state index is 14.2. The molecule has 5 aliphatic rings. The van der Waals surface area contributed by atoms with Crippen LogP contribution in [0.4, 0.5) is 0 Å². The molecule has 29 atom stereocenters. The molecule has 5 rings (SSSR count). The standard InChI is InChI=1S/C79H139N3O34/c1-6-8-10-12-14-16-18-20-21-23-25-27-29-31-33-35-58(95)82-49(50(91)34-32-30-28-26-24-22-19-17-15-13-11-9-7-2)44-107-74-66(101)65(100)68(56(42-86)109-74)111-75-67(102)72(69(57(43-87)110-75)112-73-48(36-45(3)88)61(96)63(98)54(40-84)108-73)116-79(77(105)106)38-52(93)60(81-47(5)90)71(115-79)64(99)55(41-85)113-78(76(103)104)37-51(92)59(80-46(4)89)70(114-78)62(97)53(94)39-83/h20-21,48-57,59-75,83-87,91-94,96-102H,6-19,22-44H2,1-5H3,(H,80,89)(H,81,90)(H,82,95)(H,103,104)(H,105,106)/b21-20-/t48-,49+,50-,51+,52+,53-,54-,55-,56-,57-,59-,60-,61-,62-,63+,64-,65-,66-,67-,68-,69+,70?,71?,72-,73+,74-,75+,78-,79+/m1/s1. The normalized spacial score (nSPS) is 33.3. The molecule has 5 aliphatic heterocycles. The van der Waals surface area contributed by atoms with Crippen LogP contribution < -0.4 is 16.0 Å². The van der Waals surface area contributed by atoms with Gasteiger partial charge in [0.1, 0.15) is 103 Å². The van der Waals surface area contributed by atoms with Gasteiger partial charge in [-0.05, 0) is 45.4 Å². The lowest BCUT2D eigenvalue weighted by Gasteiger charge is -2.52. The van der Waals surface area contributed by atoms with Crippen LogP contribution in [0.15, 0.2) is 12.2 Å². The number of carboxylic acid groups (broad SMARTS) is 2. The minimum atomic E-state index is -3.57. The second kappa shape index (κ2) is 52.9. The van der Waals surface area contributed by atoms with Gasteiger partial charge in [-0.25, -0.2) is 9.59 Å². The van der Waals surface area contributed by atoms with E-state index in [1.54, 1.807) is 0 Å². The van der Waals surface area contributed by atoms with Gasteiger partial charge < -0.3 is 160 Å². The van der Waals surface area contributed by atoms with E-state index in [0.717, 1.165) is 91.4 Å². The summed E-state index contributed by atoms with van der Waals surface area (Å²) >= 11 is 0. The molecule has 0 aromatic carbocycles. The van der Waals surface area contributed by atoms with Crippen LogP contribution in [0.25, 0.3) is 0 Å². The monoisotopic (exact) mass is 1670 g/mol. The number of nitrogens with one attached hydrogen (secondary N) is 3. The summed E-state index contributed by atoms with van der Waals surface area (Å²) in [5.74, 6) is -15.9. The average Bonchev–Trinajstić information content (AvgIpc) is 0.751. The summed E-state index contributed by atoms with van der Waals surface area (Å²) in [6.45, 7) is 0.762. The molecule has 0 spiro atoms. The molecule has 116 heavy (non-hydrogen) atoms. The van der Waals surface area contributed by atoms with Crippen molar-refractivity contribution in [3.05, 3.63) is 12.2 Å². The Morgan fingerprint density at radius 1 is 0.483 bits per heavy atom. The molecule has 37 nitrogen and oxygen atoms in total. The molecule has 0 radical (unpaired) electrons. The van der Waals surface area contributed by atoms with Gasteiger partial charge in [-0.15, -0.1) is 0 Å². The summed E-state index contributed by atoms with van der Waals surface area (Å²) in [5.41, 5.74) is 0. The van der Waals surface area contributed by atoms with Crippen LogP contribution in [0.2, 0.25) is 0 Å². The van der Waals surface area contributed by atoms with Gasteiger partial charge in [-0.2, -0.15) is 0 Å². The fourth-order valence-corrected chi connectivity index (χ4v) is 15.7. The lowest BCUT2D eigenvalue weighted by Crippen LogP contribution is -2.72. The number of hydrogen-bond acceptors (Lipinski definition) is 32. The summed E-state index contributed by atoms with van der Waals surface area (Å²) in [4.78, 5) is 79.2. The average molecular weight is 1670 g/mol. The number of amides is 3. The number of hydrogen-bond donors (Lipinski definition) is 21. The number of carboxylic acids is 2. The summed E-state index contributed by atoms with van der Waals surface area (Å²) < 4.78 is 60.2. The van der Waals surface area contributed by atoms with Crippen molar-refractivity contribution in [2.75, 3.05) is 39.6 Å². The van der Waals surface area contributed by atoms with Crippen LogP contribution in [0.1, 0.15) is 234 Å². The van der Waals surface area contributed by atoms with E-state index in [2.05, 4.69) is 41.9 Å². The van der Waals surface area contributed by atoms with Crippen molar-refractivity contribution in [3.8, 4) is 0 Å². The van der Waals surface area contributed by atoms with Gasteiger partial charge in [-0.3, -0.25) is 14.4 Å². The third-order valence-corrected chi connectivity index (χ3v) is 22.3. The van der Waals surface area contributed by atoms with E-state index in [9.17, 15) is 121 Å². The lowest BCUT2D eigenvalue weighted by molar-refractivity contribution is -0.404. The number of rotatable bonds is 57. The Morgan fingerprint density at radius 3 is 1.43 bits per heavy atom. The number of unbranched alkanes of at least 4 members (excludes halogenated alkanes) is 23. The summed E-state index contributed by atoms with van der Waals surface area (Å²) in [5, 5.41) is 211. The van der Waals surface area contributed by atoms with Crippen LogP contribution >= 0.6 is 0 Å². The van der Waals surface area contributed by atoms with E-state index in [4.69, 9.17) is 47.4 Å². The molecular weight excluding hydrogens is 1530 g/mol. The lowest BCUT2D eigenvalue weighted by atomic mass is 9.86. The number of aliphatic hydroxyl groups excluding tert-OH is 16. The van der Waals surface area contributed by atoms with Crippen molar-refractivity contribution in [1.82, 2.24) is 16.0 Å². The van der Waals surface area contributed by atoms with Crippen LogP contribution in [0.5, 0.6) is 0 Å². The maximum Gasteiger partial charge on any atom is 0.364 e. The third-order valence-electron chi connectivity index (χ3n) is 22.3. The Kier molecular flexibility index (Phi) is 46.6. The first kappa shape index (κ1) is 102. The number of allylic oxidation sites excluding steroid dienone is 2. The van der Waals surface area contributed by atoms with Crippen LogP contribution in [-0.4, -0.2) is 338 Å². The van der Waals surface area contributed by atoms with Gasteiger partial charge in [0.2, 0.25) is 17.7 Å². The Hall–Kier alpha value is -4.28. The third kappa shape index (κ3) is 30.9. The summed E-state index contributed by atoms with van der Waals surface area (Å²) in [7, 11) is 0. The van der Waals surface area contributed by atoms with Gasteiger partial charge >= 0.3 is 11.9 Å². The second-order valence-electron chi connectivity index (χ2n) is 31.8. The molecule has 5 fully saturated rings. The molecular formula is C79H139N3O34. The Balaban J connectivity index is 1.44. The van der Waals surface area contributed by atoms with Crippen molar-refractivity contribution >= 4 is 35.4 Å². The predicted octanol–water partition coefficient (Wildman–Crippen LogP) is -0.602. The van der Waals surface area contributed by atoms with Gasteiger partial charge in [-0.1, -0.05) is 161 Å². The van der Waals surface area contributed by atoms with E-state index < -0.39 is 265 Å². The number of aliphatic hydroxyl groups is 16. The second-order valence-corrected chi connectivity index (χ2v) is 31.8. The highest BCUT2D eigenvalue weighted by Crippen LogP contribution is 2.43. The summed E-state index contributed by atoms with van der Waals surface area (Å²) in [6.07, 6.45) is -19.9. The molecule has 21 N–H and O–H groups in total. The number of ketones is 1. The number of ether oxygens (including phenoxy) is 10. The largest absolute Gasteiger partial charge is 0.477 e. The SMILES string of the molecule is CCCCCCCC/C=C\CCCCCCCC(=O)N[C@@H](CO[C@@H]1O[C@H](CO)[C@@H](O[C@@H]2O[C@H](CO)[C@H](O[C@@H]3O[C@H](CO)[C@H](O)[C@H](O)[C@H]3CC(C)=O)[C@H](O[C@]3(C(=O)O)C[C@H](O)[C@@H](NC(C)=O)C([C@H](O)[C@@H](CO)O[C@]4(C(=O)O)C[C@H](O)[C@@H](NC(C)=O)C([C@H](O)[C@H](O)CO)O4)O3)[C@H]2O)[C@H](O)[C@H]1O)[C@H](O)CCCCCCCCCCCCCCC. The van der Waals surface area contributed by atoms with E-state index in [0.29, 0.717) is 12.8 Å². The van der Waals surface area contributed by atoms with Crippen LogP contribution in [-0.2, 0) is 76.1 Å².